The molecule has 0 aliphatic rings. The summed E-state index contributed by atoms with van der Waals surface area (Å²) in [6, 6.07) is 0. The number of hydrogen-bond donors (Lipinski definition) is 4. The fourth-order valence-corrected chi connectivity index (χ4v) is 0.668. The molecule has 0 bridgehead atoms. The van der Waals surface area contributed by atoms with E-state index in [2.05, 4.69) is 5.73 Å². The van der Waals surface area contributed by atoms with E-state index < -0.39 is 24.2 Å². The van der Waals surface area contributed by atoms with Crippen molar-refractivity contribution in [3.8, 4) is 0 Å². The Morgan fingerprint density at radius 2 is 1.91 bits per heavy atom. The van der Waals surface area contributed by atoms with Crippen molar-refractivity contribution >= 4 is 5.91 Å². The molecule has 0 heterocycles. The van der Waals surface area contributed by atoms with E-state index in [0.717, 1.165) is 0 Å². The van der Waals surface area contributed by atoms with Crippen molar-refractivity contribution in [1.29, 1.82) is 0 Å². The summed E-state index contributed by atoms with van der Waals surface area (Å²) in [6.07, 6.45) is -3.71. The quantitative estimate of drug-likeness (QED) is 0.383. The van der Waals surface area contributed by atoms with Gasteiger partial charge in [0.05, 0.1) is 12.2 Å². The summed E-state index contributed by atoms with van der Waals surface area (Å²) in [5.41, 5.74) is 4.68. The summed E-state index contributed by atoms with van der Waals surface area (Å²) in [7, 11) is 0. The lowest BCUT2D eigenvalue weighted by Crippen LogP contribution is -2.40. The van der Waals surface area contributed by atoms with Crippen molar-refractivity contribution in [2.75, 3.05) is 0 Å². The van der Waals surface area contributed by atoms with Gasteiger partial charge in [0.1, 0.15) is 0 Å². The number of carbonyl (C=O) groups is 1. The summed E-state index contributed by atoms with van der Waals surface area (Å²) in [5, 5.41) is 26.5. The van der Waals surface area contributed by atoms with Crippen LogP contribution in [0.4, 0.5) is 0 Å². The Morgan fingerprint density at radius 3 is 2.18 bits per heavy atom. The number of primary amides is 1. The fraction of sp³-hybridized carbons (Fsp3) is 0.833. The SMILES string of the molecule is C[C@@H](O)C[C@H](O)[C@@H](O)C(N)=O. The van der Waals surface area contributed by atoms with Crippen LogP contribution in [0.15, 0.2) is 0 Å². The predicted octanol–water partition coefficient (Wildman–Crippen LogP) is -2.04. The molecule has 0 unspecified atom stereocenters. The standard InChI is InChI=1S/C6H13NO4/c1-3(8)2-4(9)5(10)6(7)11/h3-5,8-10H,2H2,1H3,(H2,7,11)/t3-,4+,5-/m1/s1. The number of carbonyl (C=O) groups excluding carboxylic acids is 1. The third kappa shape index (κ3) is 3.92. The van der Waals surface area contributed by atoms with Crippen LogP contribution in [0.1, 0.15) is 13.3 Å². The van der Waals surface area contributed by atoms with E-state index in [-0.39, 0.29) is 6.42 Å². The molecule has 0 aromatic heterocycles. The molecule has 0 spiro atoms. The van der Waals surface area contributed by atoms with Gasteiger partial charge in [-0.25, -0.2) is 0 Å². The van der Waals surface area contributed by atoms with Crippen LogP contribution in [0.5, 0.6) is 0 Å². The van der Waals surface area contributed by atoms with E-state index >= 15 is 0 Å². The Bertz CT molecular complexity index is 137. The summed E-state index contributed by atoms with van der Waals surface area (Å²) < 4.78 is 0. The van der Waals surface area contributed by atoms with Crippen LogP contribution in [-0.4, -0.2) is 39.5 Å². The van der Waals surface area contributed by atoms with Gasteiger partial charge in [0.2, 0.25) is 5.91 Å². The molecule has 0 aliphatic carbocycles. The van der Waals surface area contributed by atoms with Gasteiger partial charge in [-0.1, -0.05) is 0 Å². The molecule has 0 aliphatic heterocycles. The summed E-state index contributed by atoms with van der Waals surface area (Å²) >= 11 is 0. The zero-order chi connectivity index (χ0) is 9.02. The highest BCUT2D eigenvalue weighted by molar-refractivity contribution is 5.79. The van der Waals surface area contributed by atoms with E-state index in [0.29, 0.717) is 0 Å². The molecular formula is C6H13NO4. The van der Waals surface area contributed by atoms with Gasteiger partial charge < -0.3 is 21.1 Å². The monoisotopic (exact) mass is 163 g/mol. The van der Waals surface area contributed by atoms with Crippen LogP contribution in [0.3, 0.4) is 0 Å². The molecule has 0 fully saturated rings. The van der Waals surface area contributed by atoms with Gasteiger partial charge in [-0.15, -0.1) is 0 Å². The number of rotatable bonds is 4. The molecule has 0 aromatic rings. The first kappa shape index (κ1) is 10.3. The molecule has 0 aromatic carbocycles. The van der Waals surface area contributed by atoms with Crippen molar-refractivity contribution < 1.29 is 20.1 Å². The highest BCUT2D eigenvalue weighted by Crippen LogP contribution is 2.01. The largest absolute Gasteiger partial charge is 0.393 e. The van der Waals surface area contributed by atoms with Crippen LogP contribution >= 0.6 is 0 Å². The molecule has 5 N–H and O–H groups in total. The molecular weight excluding hydrogens is 150 g/mol. The molecule has 0 radical (unpaired) electrons. The minimum Gasteiger partial charge on any atom is -0.393 e. The maximum atomic E-state index is 10.3. The summed E-state index contributed by atoms with van der Waals surface area (Å²) in [4.78, 5) is 10.3. The first-order chi connectivity index (χ1) is 4.95. The second-order valence-electron chi connectivity index (χ2n) is 2.50. The van der Waals surface area contributed by atoms with Crippen LogP contribution in [-0.2, 0) is 4.79 Å². The normalized spacial score (nSPS) is 18.9. The second-order valence-corrected chi connectivity index (χ2v) is 2.50. The lowest BCUT2D eigenvalue weighted by Gasteiger charge is -2.15. The van der Waals surface area contributed by atoms with Gasteiger partial charge in [-0.3, -0.25) is 4.79 Å². The zero-order valence-electron chi connectivity index (χ0n) is 6.27. The third-order valence-corrected chi connectivity index (χ3v) is 1.24. The highest BCUT2D eigenvalue weighted by atomic mass is 16.3. The Kier molecular flexibility index (Phi) is 4.02. The minimum absolute atomic E-state index is 0.0654. The molecule has 0 saturated carbocycles. The smallest absolute Gasteiger partial charge is 0.248 e. The molecule has 3 atom stereocenters. The number of hydrogen-bond acceptors (Lipinski definition) is 4. The maximum Gasteiger partial charge on any atom is 0.248 e. The molecule has 5 nitrogen and oxygen atoms in total. The second kappa shape index (κ2) is 4.27. The van der Waals surface area contributed by atoms with Gasteiger partial charge in [0.25, 0.3) is 0 Å². The number of amides is 1. The number of aliphatic hydroxyl groups is 3. The van der Waals surface area contributed by atoms with Gasteiger partial charge in [-0.05, 0) is 6.92 Å². The van der Waals surface area contributed by atoms with Crippen molar-refractivity contribution in [3.05, 3.63) is 0 Å². The molecule has 0 saturated heterocycles. The minimum atomic E-state index is -1.59. The van der Waals surface area contributed by atoms with Crippen LogP contribution < -0.4 is 5.73 Å². The maximum absolute atomic E-state index is 10.3. The number of nitrogens with two attached hydrogens (primary N) is 1. The van der Waals surface area contributed by atoms with Crippen molar-refractivity contribution in [2.24, 2.45) is 5.73 Å². The molecule has 5 heteroatoms. The van der Waals surface area contributed by atoms with Crippen molar-refractivity contribution in [2.45, 2.75) is 31.7 Å². The van der Waals surface area contributed by atoms with Crippen LogP contribution in [0, 0.1) is 0 Å². The van der Waals surface area contributed by atoms with Gasteiger partial charge in [0.15, 0.2) is 6.10 Å². The van der Waals surface area contributed by atoms with E-state index in [9.17, 15) is 4.79 Å². The van der Waals surface area contributed by atoms with Gasteiger partial charge >= 0.3 is 0 Å². The topological polar surface area (TPSA) is 104 Å². The first-order valence-corrected chi connectivity index (χ1v) is 3.28. The Hall–Kier alpha value is -0.650. The van der Waals surface area contributed by atoms with Crippen molar-refractivity contribution in [3.63, 3.8) is 0 Å². The predicted molar refractivity (Wildman–Crippen MR) is 37.5 cm³/mol. The first-order valence-electron chi connectivity index (χ1n) is 3.28. The van der Waals surface area contributed by atoms with Crippen LogP contribution in [0.2, 0.25) is 0 Å². The Morgan fingerprint density at radius 1 is 1.45 bits per heavy atom. The summed E-state index contributed by atoms with van der Waals surface area (Å²) in [6.45, 7) is 1.44. The van der Waals surface area contributed by atoms with Gasteiger partial charge in [0, 0.05) is 6.42 Å². The molecule has 11 heavy (non-hydrogen) atoms. The average molecular weight is 163 g/mol. The zero-order valence-corrected chi connectivity index (χ0v) is 6.27. The fourth-order valence-electron chi connectivity index (χ4n) is 0.668. The van der Waals surface area contributed by atoms with E-state index in [1.54, 1.807) is 0 Å². The molecule has 0 rings (SSSR count). The Balaban J connectivity index is 3.82. The van der Waals surface area contributed by atoms with Crippen molar-refractivity contribution in [1.82, 2.24) is 0 Å². The van der Waals surface area contributed by atoms with Gasteiger partial charge in [-0.2, -0.15) is 0 Å². The van der Waals surface area contributed by atoms with Crippen LogP contribution in [0.25, 0.3) is 0 Å². The third-order valence-electron chi connectivity index (χ3n) is 1.24. The highest BCUT2D eigenvalue weighted by Gasteiger charge is 2.22. The summed E-state index contributed by atoms with van der Waals surface area (Å²) in [5.74, 6) is -0.988. The molecule has 1 amide bonds. The molecule has 66 valence electrons. The average Bonchev–Trinajstić information content (AvgIpc) is 1.84. The lowest BCUT2D eigenvalue weighted by molar-refractivity contribution is -0.132. The lowest BCUT2D eigenvalue weighted by atomic mass is 10.1. The Labute approximate surface area is 64.4 Å². The van der Waals surface area contributed by atoms with E-state index in [1.165, 1.54) is 6.92 Å². The van der Waals surface area contributed by atoms with E-state index in [1.807, 2.05) is 0 Å². The number of aliphatic hydroxyl groups excluding tert-OH is 3. The van der Waals surface area contributed by atoms with E-state index in [4.69, 9.17) is 15.3 Å².